The van der Waals surface area contributed by atoms with Crippen LogP contribution in [-0.4, -0.2) is 21.4 Å². The van der Waals surface area contributed by atoms with Crippen molar-refractivity contribution in [3.8, 4) is 10.4 Å². The molecule has 0 saturated heterocycles. The Morgan fingerprint density at radius 2 is 2.19 bits per heavy atom. The van der Waals surface area contributed by atoms with Gasteiger partial charge in [0.15, 0.2) is 0 Å². The van der Waals surface area contributed by atoms with Crippen LogP contribution in [0.25, 0.3) is 21.3 Å². The Labute approximate surface area is 162 Å². The average Bonchev–Trinajstić information content (AvgIpc) is 3.37. The molecular formula is C22H23N3OS. The lowest BCUT2D eigenvalue weighted by atomic mass is 9.67. The number of amides is 1. The zero-order valence-corrected chi connectivity index (χ0v) is 16.0. The molecule has 1 aromatic carbocycles. The summed E-state index contributed by atoms with van der Waals surface area (Å²) in [6.45, 7) is 0. The van der Waals surface area contributed by atoms with Gasteiger partial charge in [0.05, 0.1) is 10.4 Å². The number of thiazole rings is 1. The fourth-order valence-corrected chi connectivity index (χ4v) is 6.85. The summed E-state index contributed by atoms with van der Waals surface area (Å²) in [7, 11) is 0. The number of carbonyl (C=O) groups excluding carboxylic acids is 1. The van der Waals surface area contributed by atoms with Crippen LogP contribution >= 0.6 is 11.3 Å². The van der Waals surface area contributed by atoms with Crippen LogP contribution in [0.1, 0.15) is 48.9 Å². The molecule has 4 nitrogen and oxygen atoms in total. The minimum atomic E-state index is 0.0286. The molecule has 3 bridgehead atoms. The molecule has 3 aromatic rings. The molecule has 3 saturated carbocycles. The Hall–Kier alpha value is -2.14. The second-order valence-electron chi connectivity index (χ2n) is 8.87. The number of hydrogen-bond acceptors (Lipinski definition) is 3. The fraction of sp³-hybridized carbons (Fsp3) is 0.455. The van der Waals surface area contributed by atoms with E-state index in [0.717, 1.165) is 51.1 Å². The molecule has 5 heteroatoms. The normalized spacial score (nSPS) is 31.5. The van der Waals surface area contributed by atoms with E-state index >= 15 is 0 Å². The van der Waals surface area contributed by atoms with E-state index in [9.17, 15) is 4.79 Å². The minimum absolute atomic E-state index is 0.0286. The van der Waals surface area contributed by atoms with Gasteiger partial charge in [0.2, 0.25) is 0 Å². The molecular weight excluding hydrogens is 354 g/mol. The monoisotopic (exact) mass is 377 g/mol. The van der Waals surface area contributed by atoms with Gasteiger partial charge in [-0.3, -0.25) is 9.78 Å². The minimum Gasteiger partial charge on any atom is -0.361 e. The first kappa shape index (κ1) is 15.9. The molecule has 3 aliphatic carbocycles. The van der Waals surface area contributed by atoms with E-state index in [-0.39, 0.29) is 11.4 Å². The highest BCUT2D eigenvalue weighted by Crippen LogP contribution is 2.56. The number of aromatic amines is 1. The largest absolute Gasteiger partial charge is 0.361 e. The summed E-state index contributed by atoms with van der Waals surface area (Å²) < 4.78 is 0. The number of aromatic nitrogens is 2. The van der Waals surface area contributed by atoms with Gasteiger partial charge in [-0.15, -0.1) is 11.3 Å². The SMILES string of the molecule is O=C(NC12CCC3CC(CC3C1)C2)c1cc(-c2cncs2)cc2[nH]ccc12. The summed E-state index contributed by atoms with van der Waals surface area (Å²) in [5, 5.41) is 4.53. The molecule has 3 fully saturated rings. The van der Waals surface area contributed by atoms with E-state index in [1.165, 1.54) is 32.1 Å². The van der Waals surface area contributed by atoms with Crippen molar-refractivity contribution in [2.75, 3.05) is 0 Å². The van der Waals surface area contributed by atoms with Crippen molar-refractivity contribution in [3.05, 3.63) is 41.7 Å². The third kappa shape index (κ3) is 2.48. The van der Waals surface area contributed by atoms with E-state index in [1.807, 2.05) is 30.0 Å². The van der Waals surface area contributed by atoms with Crippen LogP contribution in [0.4, 0.5) is 0 Å². The smallest absolute Gasteiger partial charge is 0.252 e. The number of fused-ring (bicyclic) bond motifs is 3. The predicted octanol–water partition coefficient (Wildman–Crippen LogP) is 4.99. The van der Waals surface area contributed by atoms with Crippen molar-refractivity contribution < 1.29 is 4.79 Å². The zero-order chi connectivity index (χ0) is 18.0. The van der Waals surface area contributed by atoms with Gasteiger partial charge in [-0.1, -0.05) is 0 Å². The topological polar surface area (TPSA) is 57.8 Å². The number of nitrogens with one attached hydrogen (secondary N) is 2. The standard InChI is InChI=1S/C22H23N3OS/c26-21(25-22-3-1-14-5-13(9-22)6-16(14)10-22)18-7-15(20-11-23-12-27-20)8-19-17(18)2-4-24-19/h2,4,7-8,11-14,16,24H,1,3,5-6,9-10H2,(H,25,26). The summed E-state index contributed by atoms with van der Waals surface area (Å²) >= 11 is 1.61. The predicted molar refractivity (Wildman–Crippen MR) is 108 cm³/mol. The first-order chi connectivity index (χ1) is 13.2. The fourth-order valence-electron chi connectivity index (χ4n) is 6.24. The molecule has 2 aromatic heterocycles. The Morgan fingerprint density at radius 3 is 3.07 bits per heavy atom. The Bertz CT molecular complexity index is 1020. The zero-order valence-electron chi connectivity index (χ0n) is 15.2. The molecule has 1 amide bonds. The average molecular weight is 378 g/mol. The number of nitrogens with zero attached hydrogens (tertiary/aromatic N) is 1. The van der Waals surface area contributed by atoms with Crippen molar-refractivity contribution in [1.82, 2.24) is 15.3 Å². The summed E-state index contributed by atoms with van der Waals surface area (Å²) in [6, 6.07) is 6.17. The first-order valence-electron chi connectivity index (χ1n) is 10.0. The highest BCUT2D eigenvalue weighted by molar-refractivity contribution is 7.13. The van der Waals surface area contributed by atoms with Crippen molar-refractivity contribution in [2.24, 2.45) is 17.8 Å². The van der Waals surface area contributed by atoms with E-state index < -0.39 is 0 Å². The molecule has 138 valence electrons. The summed E-state index contributed by atoms with van der Waals surface area (Å²) in [4.78, 5) is 22.0. The first-order valence-corrected chi connectivity index (χ1v) is 10.9. The van der Waals surface area contributed by atoms with Crippen LogP contribution in [0, 0.1) is 17.8 Å². The van der Waals surface area contributed by atoms with E-state index in [1.54, 1.807) is 11.3 Å². The molecule has 3 aliphatic rings. The van der Waals surface area contributed by atoms with Crippen LogP contribution in [0.15, 0.2) is 36.1 Å². The van der Waals surface area contributed by atoms with Crippen LogP contribution < -0.4 is 5.32 Å². The van der Waals surface area contributed by atoms with Crippen molar-refractivity contribution >= 4 is 28.1 Å². The molecule has 0 radical (unpaired) electrons. The number of carbonyl (C=O) groups is 1. The van der Waals surface area contributed by atoms with Crippen LogP contribution in [0.3, 0.4) is 0 Å². The summed E-state index contributed by atoms with van der Waals surface area (Å²) in [6.07, 6.45) is 11.4. The van der Waals surface area contributed by atoms with Gasteiger partial charge in [-0.25, -0.2) is 0 Å². The van der Waals surface area contributed by atoms with Gasteiger partial charge in [-0.05, 0) is 80.0 Å². The number of rotatable bonds is 3. The van der Waals surface area contributed by atoms with Gasteiger partial charge in [0, 0.05) is 34.4 Å². The quantitative estimate of drug-likeness (QED) is 0.675. The second kappa shape index (κ2) is 5.68. The summed E-state index contributed by atoms with van der Waals surface area (Å²) in [5.74, 6) is 2.68. The second-order valence-corrected chi connectivity index (χ2v) is 9.75. The van der Waals surface area contributed by atoms with Gasteiger partial charge < -0.3 is 10.3 Å². The molecule has 2 heterocycles. The molecule has 2 N–H and O–H groups in total. The van der Waals surface area contributed by atoms with Gasteiger partial charge in [0.1, 0.15) is 0 Å². The van der Waals surface area contributed by atoms with E-state index in [0.29, 0.717) is 0 Å². The lowest BCUT2D eigenvalue weighted by Crippen LogP contribution is -2.53. The lowest BCUT2D eigenvalue weighted by Gasteiger charge is -2.45. The highest BCUT2D eigenvalue weighted by Gasteiger charge is 2.52. The maximum atomic E-state index is 13.4. The Morgan fingerprint density at radius 1 is 1.26 bits per heavy atom. The van der Waals surface area contributed by atoms with Crippen LogP contribution in [0.5, 0.6) is 0 Å². The highest BCUT2D eigenvalue weighted by atomic mass is 32.1. The van der Waals surface area contributed by atoms with Gasteiger partial charge in [0.25, 0.3) is 5.91 Å². The maximum Gasteiger partial charge on any atom is 0.252 e. The van der Waals surface area contributed by atoms with Crippen molar-refractivity contribution in [1.29, 1.82) is 0 Å². The van der Waals surface area contributed by atoms with Gasteiger partial charge >= 0.3 is 0 Å². The van der Waals surface area contributed by atoms with Crippen LogP contribution in [-0.2, 0) is 0 Å². The Kier molecular flexibility index (Phi) is 3.34. The Balaban J connectivity index is 1.37. The molecule has 4 atom stereocenters. The third-order valence-corrected chi connectivity index (χ3v) is 8.10. The lowest BCUT2D eigenvalue weighted by molar-refractivity contribution is 0.0729. The molecule has 0 spiro atoms. The van der Waals surface area contributed by atoms with Crippen LogP contribution in [0.2, 0.25) is 0 Å². The summed E-state index contributed by atoms with van der Waals surface area (Å²) in [5.41, 5.74) is 4.72. The number of H-pyrrole nitrogens is 1. The molecule has 0 aliphatic heterocycles. The van der Waals surface area contributed by atoms with Crippen molar-refractivity contribution in [3.63, 3.8) is 0 Å². The van der Waals surface area contributed by atoms with E-state index in [2.05, 4.69) is 21.4 Å². The van der Waals surface area contributed by atoms with Crippen molar-refractivity contribution in [2.45, 2.75) is 44.1 Å². The molecule has 27 heavy (non-hydrogen) atoms. The maximum absolute atomic E-state index is 13.4. The number of benzene rings is 1. The van der Waals surface area contributed by atoms with E-state index in [4.69, 9.17) is 0 Å². The molecule has 6 rings (SSSR count). The van der Waals surface area contributed by atoms with Gasteiger partial charge in [-0.2, -0.15) is 0 Å². The number of hydrogen-bond donors (Lipinski definition) is 2. The molecule has 4 unspecified atom stereocenters. The third-order valence-electron chi connectivity index (χ3n) is 7.27.